The number of nitrogens with one attached hydrogen (secondary N) is 1. The topological polar surface area (TPSA) is 66.4 Å². The van der Waals surface area contributed by atoms with Gasteiger partial charge in [-0.1, -0.05) is 24.1 Å². The van der Waals surface area contributed by atoms with Crippen LogP contribution in [0.3, 0.4) is 0 Å². The van der Waals surface area contributed by atoms with E-state index in [0.717, 1.165) is 24.0 Å². The van der Waals surface area contributed by atoms with Gasteiger partial charge in [0, 0.05) is 11.6 Å². The number of hydrogen-bond acceptors (Lipinski definition) is 2. The average molecular weight is 261 g/mol. The molecule has 102 valence electrons. The van der Waals surface area contributed by atoms with Gasteiger partial charge in [-0.2, -0.15) is 0 Å². The Morgan fingerprint density at radius 1 is 1.26 bits per heavy atom. The highest BCUT2D eigenvalue weighted by molar-refractivity contribution is 5.96. The molecule has 1 saturated carbocycles. The van der Waals surface area contributed by atoms with E-state index in [-0.39, 0.29) is 11.9 Å². The molecule has 0 aliphatic heterocycles. The second-order valence-corrected chi connectivity index (χ2v) is 5.27. The van der Waals surface area contributed by atoms with E-state index < -0.39 is 11.9 Å². The summed E-state index contributed by atoms with van der Waals surface area (Å²) in [6, 6.07) is 5.47. The fraction of sp³-hybridized carbons (Fsp3) is 0.467. The van der Waals surface area contributed by atoms with Crippen molar-refractivity contribution in [3.63, 3.8) is 0 Å². The molecule has 0 spiro atoms. The van der Waals surface area contributed by atoms with Crippen molar-refractivity contribution in [2.24, 2.45) is 5.92 Å². The zero-order valence-electron chi connectivity index (χ0n) is 11.3. The van der Waals surface area contributed by atoms with Gasteiger partial charge in [-0.05, 0) is 38.3 Å². The summed E-state index contributed by atoms with van der Waals surface area (Å²) in [5.41, 5.74) is 2.57. The number of aryl methyl sites for hydroxylation is 2. The first-order valence-electron chi connectivity index (χ1n) is 6.60. The Morgan fingerprint density at radius 2 is 2.00 bits per heavy atom. The first kappa shape index (κ1) is 13.6. The van der Waals surface area contributed by atoms with Crippen molar-refractivity contribution in [3.05, 3.63) is 34.9 Å². The lowest BCUT2D eigenvalue weighted by Gasteiger charge is -2.18. The second kappa shape index (κ2) is 5.43. The lowest BCUT2D eigenvalue weighted by atomic mass is 10.0. The predicted molar refractivity (Wildman–Crippen MR) is 72.1 cm³/mol. The van der Waals surface area contributed by atoms with Crippen molar-refractivity contribution in [2.75, 3.05) is 0 Å². The summed E-state index contributed by atoms with van der Waals surface area (Å²) in [5.74, 6) is -1.43. The van der Waals surface area contributed by atoms with Crippen LogP contribution in [0.2, 0.25) is 0 Å². The van der Waals surface area contributed by atoms with Gasteiger partial charge in [0.25, 0.3) is 5.91 Å². The quantitative estimate of drug-likeness (QED) is 0.877. The predicted octanol–water partition coefficient (Wildman–Crippen LogP) is 2.29. The lowest BCUT2D eigenvalue weighted by molar-refractivity contribution is -0.142. The van der Waals surface area contributed by atoms with Crippen LogP contribution in [0.15, 0.2) is 18.2 Å². The molecule has 19 heavy (non-hydrogen) atoms. The number of carboxylic acid groups (broad SMARTS) is 1. The number of carbonyl (C=O) groups is 2. The highest BCUT2D eigenvalue weighted by Gasteiger charge is 2.34. The fourth-order valence-corrected chi connectivity index (χ4v) is 2.65. The smallest absolute Gasteiger partial charge is 0.308 e. The summed E-state index contributed by atoms with van der Waals surface area (Å²) in [5, 5.41) is 12.0. The van der Waals surface area contributed by atoms with Crippen LogP contribution in [0.5, 0.6) is 0 Å². The third kappa shape index (κ3) is 2.95. The van der Waals surface area contributed by atoms with Crippen molar-refractivity contribution in [2.45, 2.75) is 39.2 Å². The maximum absolute atomic E-state index is 12.2. The van der Waals surface area contributed by atoms with Crippen LogP contribution in [0, 0.1) is 19.8 Å². The summed E-state index contributed by atoms with van der Waals surface area (Å²) in [4.78, 5) is 23.3. The average Bonchev–Trinajstić information content (AvgIpc) is 2.80. The molecule has 2 N–H and O–H groups in total. The number of carbonyl (C=O) groups excluding carboxylic acids is 1. The Kier molecular flexibility index (Phi) is 3.88. The van der Waals surface area contributed by atoms with Crippen LogP contribution in [0.25, 0.3) is 0 Å². The second-order valence-electron chi connectivity index (χ2n) is 5.27. The minimum Gasteiger partial charge on any atom is -0.481 e. The molecule has 0 unspecified atom stereocenters. The Balaban J connectivity index is 2.12. The summed E-state index contributed by atoms with van der Waals surface area (Å²) in [6.45, 7) is 3.82. The zero-order chi connectivity index (χ0) is 14.0. The van der Waals surface area contributed by atoms with Crippen LogP contribution >= 0.6 is 0 Å². The number of carboxylic acids is 1. The van der Waals surface area contributed by atoms with Crippen molar-refractivity contribution in [1.29, 1.82) is 0 Å². The number of benzene rings is 1. The first-order valence-corrected chi connectivity index (χ1v) is 6.60. The normalized spacial score (nSPS) is 22.2. The van der Waals surface area contributed by atoms with E-state index in [1.165, 1.54) is 0 Å². The van der Waals surface area contributed by atoms with Crippen LogP contribution < -0.4 is 5.32 Å². The molecular weight excluding hydrogens is 242 g/mol. The van der Waals surface area contributed by atoms with Gasteiger partial charge in [0.05, 0.1) is 5.92 Å². The van der Waals surface area contributed by atoms with Crippen LogP contribution in [-0.2, 0) is 4.79 Å². The number of hydrogen-bond donors (Lipinski definition) is 2. The molecular formula is C15H19NO3. The van der Waals surface area contributed by atoms with Crippen molar-refractivity contribution in [3.8, 4) is 0 Å². The molecule has 0 aromatic heterocycles. The van der Waals surface area contributed by atoms with E-state index in [1.807, 2.05) is 32.0 Å². The van der Waals surface area contributed by atoms with Crippen LogP contribution in [0.4, 0.5) is 0 Å². The molecule has 0 heterocycles. The monoisotopic (exact) mass is 261 g/mol. The maximum Gasteiger partial charge on any atom is 0.308 e. The van der Waals surface area contributed by atoms with Crippen LogP contribution in [-0.4, -0.2) is 23.0 Å². The standard InChI is InChI=1S/C15H19NO3/c1-9-6-7-10(2)12(8-9)14(17)16-13-5-3-4-11(13)15(18)19/h6-8,11,13H,3-5H2,1-2H3,(H,16,17)(H,18,19)/t11-,13+/m0/s1. The van der Waals surface area contributed by atoms with E-state index in [0.29, 0.717) is 12.0 Å². The van der Waals surface area contributed by atoms with Gasteiger partial charge in [-0.15, -0.1) is 0 Å². The largest absolute Gasteiger partial charge is 0.481 e. The number of rotatable bonds is 3. The van der Waals surface area contributed by atoms with Crippen LogP contribution in [0.1, 0.15) is 40.7 Å². The highest BCUT2D eigenvalue weighted by Crippen LogP contribution is 2.26. The molecule has 0 bridgehead atoms. The zero-order valence-corrected chi connectivity index (χ0v) is 11.3. The summed E-state index contributed by atoms with van der Waals surface area (Å²) < 4.78 is 0. The molecule has 4 heteroatoms. The Morgan fingerprint density at radius 3 is 2.68 bits per heavy atom. The number of aliphatic carboxylic acids is 1. The third-order valence-electron chi connectivity index (χ3n) is 3.79. The molecule has 1 aromatic rings. The van der Waals surface area contributed by atoms with E-state index in [9.17, 15) is 9.59 Å². The van der Waals surface area contributed by atoms with Gasteiger partial charge < -0.3 is 10.4 Å². The SMILES string of the molecule is Cc1ccc(C)c(C(=O)N[C@@H]2CCC[C@@H]2C(=O)O)c1. The Bertz CT molecular complexity index is 510. The summed E-state index contributed by atoms with van der Waals surface area (Å²) in [6.07, 6.45) is 2.25. The molecule has 1 fully saturated rings. The molecule has 2 rings (SSSR count). The maximum atomic E-state index is 12.2. The Hall–Kier alpha value is -1.84. The minimum atomic E-state index is -0.816. The van der Waals surface area contributed by atoms with Gasteiger partial charge in [0.1, 0.15) is 0 Å². The van der Waals surface area contributed by atoms with E-state index in [1.54, 1.807) is 0 Å². The Labute approximate surface area is 112 Å². The van der Waals surface area contributed by atoms with E-state index in [4.69, 9.17) is 5.11 Å². The molecule has 0 saturated heterocycles. The van der Waals surface area contributed by atoms with Crippen molar-refractivity contribution >= 4 is 11.9 Å². The molecule has 1 aliphatic carbocycles. The molecule has 1 amide bonds. The van der Waals surface area contributed by atoms with E-state index >= 15 is 0 Å². The van der Waals surface area contributed by atoms with Gasteiger partial charge in [-0.3, -0.25) is 9.59 Å². The summed E-state index contributed by atoms with van der Waals surface area (Å²) in [7, 11) is 0. The molecule has 4 nitrogen and oxygen atoms in total. The number of amides is 1. The van der Waals surface area contributed by atoms with E-state index in [2.05, 4.69) is 5.32 Å². The van der Waals surface area contributed by atoms with Gasteiger partial charge in [-0.25, -0.2) is 0 Å². The van der Waals surface area contributed by atoms with Crippen molar-refractivity contribution < 1.29 is 14.7 Å². The third-order valence-corrected chi connectivity index (χ3v) is 3.79. The van der Waals surface area contributed by atoms with Gasteiger partial charge in [0.15, 0.2) is 0 Å². The molecule has 1 aromatic carbocycles. The molecule has 1 aliphatic rings. The lowest BCUT2D eigenvalue weighted by Crippen LogP contribution is -2.40. The van der Waals surface area contributed by atoms with Gasteiger partial charge >= 0.3 is 5.97 Å². The molecule has 2 atom stereocenters. The highest BCUT2D eigenvalue weighted by atomic mass is 16.4. The summed E-state index contributed by atoms with van der Waals surface area (Å²) >= 11 is 0. The first-order chi connectivity index (χ1) is 8.99. The van der Waals surface area contributed by atoms with Gasteiger partial charge in [0.2, 0.25) is 0 Å². The van der Waals surface area contributed by atoms with Crippen molar-refractivity contribution in [1.82, 2.24) is 5.32 Å². The fourth-order valence-electron chi connectivity index (χ4n) is 2.65. The molecule has 0 radical (unpaired) electrons. The minimum absolute atomic E-state index is 0.167.